The molecule has 1 aromatic heterocycles. The molecule has 0 aliphatic heterocycles. The molecular weight excluding hydrogens is 340 g/mol. The van der Waals surface area contributed by atoms with Crippen molar-refractivity contribution in [2.45, 2.75) is 29.1 Å². The number of halogens is 1. The van der Waals surface area contributed by atoms with E-state index in [-0.39, 0.29) is 5.78 Å². The lowest BCUT2D eigenvalue weighted by Crippen LogP contribution is -2.10. The van der Waals surface area contributed by atoms with Gasteiger partial charge in [-0.15, -0.1) is 0 Å². The van der Waals surface area contributed by atoms with Gasteiger partial charge in [0.15, 0.2) is 5.78 Å². The Hall–Kier alpha value is -2.04. The van der Waals surface area contributed by atoms with Crippen molar-refractivity contribution in [2.75, 3.05) is 0 Å². The first-order chi connectivity index (χ1) is 11.7. The second-order valence-corrected chi connectivity index (χ2v) is 7.37. The Kier molecular flexibility index (Phi) is 4.17. The van der Waals surface area contributed by atoms with Crippen molar-refractivity contribution in [2.24, 2.45) is 0 Å². The summed E-state index contributed by atoms with van der Waals surface area (Å²) in [4.78, 5) is 14.1. The first kappa shape index (κ1) is 15.5. The number of ketones is 1. The standard InChI is InChI=1S/C19H15ClN2OS/c20-14-5-7-15(8-6-14)24-18-11-21-22-19(18)13-4-9-16-12(10-13)2-1-3-17(16)23/h4-11H,1-3H2,(H,21,22). The Morgan fingerprint density at radius 1 is 1.08 bits per heavy atom. The third-order valence-corrected chi connectivity index (χ3v) is 5.48. The van der Waals surface area contributed by atoms with Crippen molar-refractivity contribution in [1.82, 2.24) is 10.2 Å². The number of nitrogens with zero attached hydrogens (tertiary/aromatic N) is 1. The highest BCUT2D eigenvalue weighted by atomic mass is 35.5. The summed E-state index contributed by atoms with van der Waals surface area (Å²) in [6, 6.07) is 13.8. The summed E-state index contributed by atoms with van der Waals surface area (Å²) in [5, 5.41) is 8.02. The van der Waals surface area contributed by atoms with Gasteiger partial charge in [-0.3, -0.25) is 9.89 Å². The Morgan fingerprint density at radius 2 is 1.92 bits per heavy atom. The van der Waals surface area contributed by atoms with E-state index in [0.29, 0.717) is 6.42 Å². The third kappa shape index (κ3) is 2.99. The van der Waals surface area contributed by atoms with Gasteiger partial charge in [-0.1, -0.05) is 35.5 Å². The van der Waals surface area contributed by atoms with E-state index in [9.17, 15) is 4.79 Å². The SMILES string of the molecule is O=C1CCCc2cc(-c3[nH]ncc3Sc3ccc(Cl)cc3)ccc21. The van der Waals surface area contributed by atoms with Crippen LogP contribution in [0.15, 0.2) is 58.5 Å². The third-order valence-electron chi connectivity index (χ3n) is 4.19. The molecular formula is C19H15ClN2OS. The van der Waals surface area contributed by atoms with Crippen LogP contribution in [0, 0.1) is 0 Å². The van der Waals surface area contributed by atoms with E-state index in [2.05, 4.69) is 16.3 Å². The molecule has 0 atom stereocenters. The van der Waals surface area contributed by atoms with Gasteiger partial charge in [-0.05, 0) is 48.7 Å². The maximum atomic E-state index is 12.0. The predicted molar refractivity (Wildman–Crippen MR) is 96.9 cm³/mol. The van der Waals surface area contributed by atoms with Crippen molar-refractivity contribution >= 4 is 29.1 Å². The number of carbonyl (C=O) groups excluding carboxylic acids is 1. The highest BCUT2D eigenvalue weighted by Gasteiger charge is 2.18. The lowest BCUT2D eigenvalue weighted by atomic mass is 9.89. The molecule has 0 amide bonds. The molecule has 0 unspecified atom stereocenters. The molecule has 0 radical (unpaired) electrons. The topological polar surface area (TPSA) is 45.8 Å². The second kappa shape index (κ2) is 6.46. The molecule has 1 N–H and O–H groups in total. The van der Waals surface area contributed by atoms with E-state index in [4.69, 9.17) is 11.6 Å². The minimum Gasteiger partial charge on any atom is -0.294 e. The molecule has 4 rings (SSSR count). The number of H-pyrrole nitrogens is 1. The van der Waals surface area contributed by atoms with E-state index in [1.807, 2.05) is 42.6 Å². The summed E-state index contributed by atoms with van der Waals surface area (Å²) >= 11 is 7.59. The van der Waals surface area contributed by atoms with Gasteiger partial charge in [0, 0.05) is 27.5 Å². The second-order valence-electron chi connectivity index (χ2n) is 5.81. The summed E-state index contributed by atoms with van der Waals surface area (Å²) < 4.78 is 0. The van der Waals surface area contributed by atoms with Crippen molar-refractivity contribution in [3.05, 3.63) is 64.8 Å². The van der Waals surface area contributed by atoms with Crippen LogP contribution < -0.4 is 0 Å². The first-order valence-corrected chi connectivity index (χ1v) is 9.03. The summed E-state index contributed by atoms with van der Waals surface area (Å²) in [6.45, 7) is 0. The van der Waals surface area contributed by atoms with Crippen molar-refractivity contribution in [3.63, 3.8) is 0 Å². The molecule has 2 aromatic carbocycles. The Balaban J connectivity index is 1.67. The number of hydrogen-bond donors (Lipinski definition) is 1. The van der Waals surface area contributed by atoms with E-state index < -0.39 is 0 Å². The molecule has 0 spiro atoms. The number of aromatic amines is 1. The molecule has 24 heavy (non-hydrogen) atoms. The van der Waals surface area contributed by atoms with Gasteiger partial charge in [0.25, 0.3) is 0 Å². The van der Waals surface area contributed by atoms with E-state index in [1.165, 1.54) is 0 Å². The van der Waals surface area contributed by atoms with Crippen LogP contribution in [0.3, 0.4) is 0 Å². The molecule has 0 bridgehead atoms. The van der Waals surface area contributed by atoms with Gasteiger partial charge in [0.1, 0.15) is 0 Å². The van der Waals surface area contributed by atoms with Gasteiger partial charge in [-0.25, -0.2) is 0 Å². The summed E-state index contributed by atoms with van der Waals surface area (Å²) in [6.07, 6.45) is 4.39. The zero-order valence-electron chi connectivity index (χ0n) is 12.9. The van der Waals surface area contributed by atoms with Gasteiger partial charge >= 0.3 is 0 Å². The quantitative estimate of drug-likeness (QED) is 0.684. The maximum absolute atomic E-state index is 12.0. The number of carbonyl (C=O) groups is 1. The highest BCUT2D eigenvalue weighted by Crippen LogP contribution is 2.36. The monoisotopic (exact) mass is 354 g/mol. The number of fused-ring (bicyclic) bond motifs is 1. The van der Waals surface area contributed by atoms with Crippen molar-refractivity contribution in [1.29, 1.82) is 0 Å². The molecule has 1 heterocycles. The summed E-state index contributed by atoms with van der Waals surface area (Å²) in [7, 11) is 0. The number of rotatable bonds is 3. The van der Waals surface area contributed by atoms with Gasteiger partial charge in [0.05, 0.1) is 16.8 Å². The average Bonchev–Trinajstić information content (AvgIpc) is 3.05. The van der Waals surface area contributed by atoms with E-state index in [1.54, 1.807) is 11.8 Å². The molecule has 5 heteroatoms. The molecule has 0 saturated carbocycles. The predicted octanol–water partition coefficient (Wildman–Crippen LogP) is 5.40. The Morgan fingerprint density at radius 3 is 2.75 bits per heavy atom. The van der Waals surface area contributed by atoms with Crippen LogP contribution in [0.25, 0.3) is 11.3 Å². The number of hydrogen-bond acceptors (Lipinski definition) is 3. The maximum Gasteiger partial charge on any atom is 0.163 e. The Labute approximate surface area is 149 Å². The molecule has 1 aliphatic rings. The number of Topliss-reactive ketones (excluding diaryl/α,β-unsaturated/α-hetero) is 1. The summed E-state index contributed by atoms with van der Waals surface area (Å²) in [5.41, 5.74) is 4.06. The smallest absolute Gasteiger partial charge is 0.163 e. The van der Waals surface area contributed by atoms with Crippen LogP contribution >= 0.6 is 23.4 Å². The van der Waals surface area contributed by atoms with Crippen LogP contribution in [-0.2, 0) is 6.42 Å². The van der Waals surface area contributed by atoms with Crippen LogP contribution in [0.2, 0.25) is 5.02 Å². The zero-order chi connectivity index (χ0) is 16.5. The zero-order valence-corrected chi connectivity index (χ0v) is 14.5. The first-order valence-electron chi connectivity index (χ1n) is 7.84. The average molecular weight is 355 g/mol. The fourth-order valence-corrected chi connectivity index (χ4v) is 4.01. The number of aryl methyl sites for hydroxylation is 1. The molecule has 0 saturated heterocycles. The molecule has 3 nitrogen and oxygen atoms in total. The molecule has 1 aliphatic carbocycles. The molecule has 120 valence electrons. The highest BCUT2D eigenvalue weighted by molar-refractivity contribution is 7.99. The Bertz CT molecular complexity index is 902. The minimum atomic E-state index is 0.253. The molecule has 0 fully saturated rings. The van der Waals surface area contributed by atoms with E-state index in [0.717, 1.165) is 50.0 Å². The minimum absolute atomic E-state index is 0.253. The van der Waals surface area contributed by atoms with Crippen LogP contribution in [-0.4, -0.2) is 16.0 Å². The van der Waals surface area contributed by atoms with Gasteiger partial charge in [-0.2, -0.15) is 5.10 Å². The van der Waals surface area contributed by atoms with Gasteiger partial charge < -0.3 is 0 Å². The fraction of sp³-hybridized carbons (Fsp3) is 0.158. The summed E-state index contributed by atoms with van der Waals surface area (Å²) in [5.74, 6) is 0.253. The van der Waals surface area contributed by atoms with Crippen molar-refractivity contribution in [3.8, 4) is 11.3 Å². The fourth-order valence-electron chi connectivity index (χ4n) is 2.99. The normalized spacial score (nSPS) is 13.8. The van der Waals surface area contributed by atoms with Crippen LogP contribution in [0.1, 0.15) is 28.8 Å². The van der Waals surface area contributed by atoms with Crippen molar-refractivity contribution < 1.29 is 4.79 Å². The molecule has 3 aromatic rings. The van der Waals surface area contributed by atoms with Crippen LogP contribution in [0.4, 0.5) is 0 Å². The van der Waals surface area contributed by atoms with Gasteiger partial charge in [0.2, 0.25) is 0 Å². The lowest BCUT2D eigenvalue weighted by molar-refractivity contribution is 0.0972. The lowest BCUT2D eigenvalue weighted by Gasteiger charge is -2.15. The largest absolute Gasteiger partial charge is 0.294 e. The number of benzene rings is 2. The van der Waals surface area contributed by atoms with E-state index >= 15 is 0 Å². The number of nitrogens with one attached hydrogen (secondary N) is 1. The number of aromatic nitrogens is 2. The van der Waals surface area contributed by atoms with Crippen LogP contribution in [0.5, 0.6) is 0 Å².